The van der Waals surface area contributed by atoms with Crippen LogP contribution < -0.4 is 0 Å². The molecule has 0 aliphatic rings. The van der Waals surface area contributed by atoms with Gasteiger partial charge in [-0.05, 0) is 17.7 Å². The minimum absolute atomic E-state index is 0.0627. The molecule has 0 saturated heterocycles. The van der Waals surface area contributed by atoms with Crippen molar-refractivity contribution in [1.29, 1.82) is 0 Å². The fraction of sp³-hybridized carbons (Fsp3) is 0.182. The number of aliphatic carboxylic acids is 1. The third-order valence-electron chi connectivity index (χ3n) is 1.67. The van der Waals surface area contributed by atoms with Crippen LogP contribution in [-0.2, 0) is 11.2 Å². The second-order valence-electron chi connectivity index (χ2n) is 3.02. The van der Waals surface area contributed by atoms with Crippen molar-refractivity contribution in [2.45, 2.75) is 11.3 Å². The van der Waals surface area contributed by atoms with E-state index in [1.54, 1.807) is 11.8 Å². The van der Waals surface area contributed by atoms with Crippen LogP contribution in [0.15, 0.2) is 40.8 Å². The molecule has 4 heteroatoms. The van der Waals surface area contributed by atoms with Crippen molar-refractivity contribution in [3.8, 4) is 0 Å². The van der Waals surface area contributed by atoms with Gasteiger partial charge in [0, 0.05) is 15.7 Å². The van der Waals surface area contributed by atoms with Crippen molar-refractivity contribution >= 4 is 29.3 Å². The van der Waals surface area contributed by atoms with Gasteiger partial charge >= 0.3 is 5.97 Å². The lowest BCUT2D eigenvalue weighted by molar-refractivity contribution is -0.136. The number of benzene rings is 1. The third kappa shape index (κ3) is 4.91. The molecule has 0 aromatic heterocycles. The number of carboxylic acids is 1. The van der Waals surface area contributed by atoms with Crippen molar-refractivity contribution in [2.24, 2.45) is 0 Å². The standard InChI is InChI=1S/C11H11ClO2S/c1-8(12)7-15-10-4-2-9(3-5-10)6-11(13)14/h2-5H,1,6-7H2,(H,13,14). The first-order valence-corrected chi connectivity index (χ1v) is 5.71. The van der Waals surface area contributed by atoms with Gasteiger partial charge in [-0.2, -0.15) is 0 Å². The fourth-order valence-electron chi connectivity index (χ4n) is 1.04. The van der Waals surface area contributed by atoms with Gasteiger partial charge in [0.25, 0.3) is 0 Å². The number of thioether (sulfide) groups is 1. The van der Waals surface area contributed by atoms with E-state index in [2.05, 4.69) is 6.58 Å². The fourth-order valence-corrected chi connectivity index (χ4v) is 1.86. The largest absolute Gasteiger partial charge is 0.481 e. The van der Waals surface area contributed by atoms with Crippen LogP contribution in [0.2, 0.25) is 0 Å². The maximum Gasteiger partial charge on any atom is 0.307 e. The Balaban J connectivity index is 2.56. The molecule has 0 bridgehead atoms. The van der Waals surface area contributed by atoms with Gasteiger partial charge < -0.3 is 5.11 Å². The highest BCUT2D eigenvalue weighted by molar-refractivity contribution is 7.99. The summed E-state index contributed by atoms with van der Waals surface area (Å²) >= 11 is 7.21. The number of carboxylic acid groups (broad SMARTS) is 1. The molecule has 0 unspecified atom stereocenters. The Morgan fingerprint density at radius 3 is 2.47 bits per heavy atom. The molecular formula is C11H11ClO2S. The SMILES string of the molecule is C=C(Cl)CSc1ccc(CC(=O)O)cc1. The zero-order valence-electron chi connectivity index (χ0n) is 8.07. The number of halogens is 1. The van der Waals surface area contributed by atoms with Crippen LogP contribution >= 0.6 is 23.4 Å². The number of hydrogen-bond donors (Lipinski definition) is 1. The number of hydrogen-bond acceptors (Lipinski definition) is 2. The van der Waals surface area contributed by atoms with Crippen LogP contribution in [0.3, 0.4) is 0 Å². The van der Waals surface area contributed by atoms with Crippen LogP contribution in [0.25, 0.3) is 0 Å². The van der Waals surface area contributed by atoms with Crippen LogP contribution in [-0.4, -0.2) is 16.8 Å². The van der Waals surface area contributed by atoms with E-state index < -0.39 is 5.97 Å². The van der Waals surface area contributed by atoms with Gasteiger partial charge in [-0.3, -0.25) is 4.79 Å². The van der Waals surface area contributed by atoms with E-state index in [0.717, 1.165) is 10.5 Å². The highest BCUT2D eigenvalue weighted by Crippen LogP contribution is 2.21. The molecule has 1 aromatic carbocycles. The molecule has 0 amide bonds. The van der Waals surface area contributed by atoms with Crippen molar-refractivity contribution in [1.82, 2.24) is 0 Å². The second kappa shape index (κ2) is 5.83. The molecule has 1 rings (SSSR count). The summed E-state index contributed by atoms with van der Waals surface area (Å²) in [7, 11) is 0. The van der Waals surface area contributed by atoms with E-state index in [1.807, 2.05) is 24.3 Å². The Morgan fingerprint density at radius 1 is 1.40 bits per heavy atom. The zero-order valence-corrected chi connectivity index (χ0v) is 9.64. The molecule has 1 aromatic rings. The Hall–Kier alpha value is -0.930. The van der Waals surface area contributed by atoms with Gasteiger partial charge in [0.05, 0.1) is 6.42 Å². The van der Waals surface area contributed by atoms with E-state index in [9.17, 15) is 4.79 Å². The highest BCUT2D eigenvalue weighted by atomic mass is 35.5. The monoisotopic (exact) mass is 242 g/mol. The lowest BCUT2D eigenvalue weighted by atomic mass is 10.2. The highest BCUT2D eigenvalue weighted by Gasteiger charge is 2.00. The molecule has 0 radical (unpaired) electrons. The molecule has 0 aliphatic carbocycles. The van der Waals surface area contributed by atoms with Crippen molar-refractivity contribution < 1.29 is 9.90 Å². The number of carbonyl (C=O) groups is 1. The predicted octanol–water partition coefficient (Wildman–Crippen LogP) is 3.16. The van der Waals surface area contributed by atoms with Crippen LogP contribution in [0.5, 0.6) is 0 Å². The summed E-state index contributed by atoms with van der Waals surface area (Å²) in [4.78, 5) is 11.5. The van der Waals surface area contributed by atoms with Crippen LogP contribution in [0.4, 0.5) is 0 Å². The quantitative estimate of drug-likeness (QED) is 0.806. The van der Waals surface area contributed by atoms with E-state index in [1.165, 1.54) is 0 Å². The zero-order chi connectivity index (χ0) is 11.3. The summed E-state index contributed by atoms with van der Waals surface area (Å²) in [6.45, 7) is 3.59. The third-order valence-corrected chi connectivity index (χ3v) is 3.06. The first kappa shape index (κ1) is 12.1. The van der Waals surface area contributed by atoms with E-state index in [0.29, 0.717) is 10.8 Å². The summed E-state index contributed by atoms with van der Waals surface area (Å²) in [6, 6.07) is 7.41. The minimum atomic E-state index is -0.815. The van der Waals surface area contributed by atoms with Gasteiger partial charge in [0.1, 0.15) is 0 Å². The van der Waals surface area contributed by atoms with E-state index in [-0.39, 0.29) is 6.42 Å². The Bertz CT molecular complexity index is 359. The van der Waals surface area contributed by atoms with Crippen molar-refractivity contribution in [3.05, 3.63) is 41.4 Å². The maximum absolute atomic E-state index is 10.4. The lowest BCUT2D eigenvalue weighted by Gasteiger charge is -2.01. The number of rotatable bonds is 5. The van der Waals surface area contributed by atoms with E-state index in [4.69, 9.17) is 16.7 Å². The van der Waals surface area contributed by atoms with Crippen molar-refractivity contribution in [3.63, 3.8) is 0 Å². The summed E-state index contributed by atoms with van der Waals surface area (Å²) in [5.41, 5.74) is 0.802. The molecule has 15 heavy (non-hydrogen) atoms. The Morgan fingerprint density at radius 2 is 2.00 bits per heavy atom. The molecule has 0 aliphatic heterocycles. The first-order chi connectivity index (χ1) is 7.08. The van der Waals surface area contributed by atoms with Gasteiger partial charge in [-0.25, -0.2) is 0 Å². The molecule has 2 nitrogen and oxygen atoms in total. The van der Waals surface area contributed by atoms with Gasteiger partial charge in [-0.15, -0.1) is 11.8 Å². The predicted molar refractivity (Wildman–Crippen MR) is 63.5 cm³/mol. The average molecular weight is 243 g/mol. The molecule has 0 fully saturated rings. The smallest absolute Gasteiger partial charge is 0.307 e. The van der Waals surface area contributed by atoms with Gasteiger partial charge in [0.15, 0.2) is 0 Å². The molecule has 80 valence electrons. The second-order valence-corrected chi connectivity index (χ2v) is 4.60. The van der Waals surface area contributed by atoms with E-state index >= 15 is 0 Å². The molecule has 0 atom stereocenters. The molecule has 0 saturated carbocycles. The average Bonchev–Trinajstić information content (AvgIpc) is 2.16. The Kier molecular flexibility index (Phi) is 4.72. The minimum Gasteiger partial charge on any atom is -0.481 e. The molecule has 0 spiro atoms. The molecule has 0 heterocycles. The van der Waals surface area contributed by atoms with Crippen LogP contribution in [0.1, 0.15) is 5.56 Å². The van der Waals surface area contributed by atoms with Crippen molar-refractivity contribution in [2.75, 3.05) is 5.75 Å². The molecule has 1 N–H and O–H groups in total. The molecular weight excluding hydrogens is 232 g/mol. The lowest BCUT2D eigenvalue weighted by Crippen LogP contribution is -1.99. The summed E-state index contributed by atoms with van der Waals surface area (Å²) < 4.78 is 0. The summed E-state index contributed by atoms with van der Waals surface area (Å²) in [5, 5.41) is 9.18. The maximum atomic E-state index is 10.4. The normalized spacial score (nSPS) is 9.93. The van der Waals surface area contributed by atoms with Gasteiger partial charge in [0.2, 0.25) is 0 Å². The summed E-state index contributed by atoms with van der Waals surface area (Å²) in [6.07, 6.45) is 0.0627. The Labute approximate surface area is 97.9 Å². The first-order valence-electron chi connectivity index (χ1n) is 4.35. The van der Waals surface area contributed by atoms with Crippen LogP contribution in [0, 0.1) is 0 Å². The topological polar surface area (TPSA) is 37.3 Å². The summed E-state index contributed by atoms with van der Waals surface area (Å²) in [5.74, 6) is -0.149. The van der Waals surface area contributed by atoms with Gasteiger partial charge in [-0.1, -0.05) is 30.3 Å².